The summed E-state index contributed by atoms with van der Waals surface area (Å²) < 4.78 is 103. The van der Waals surface area contributed by atoms with Gasteiger partial charge in [0.1, 0.15) is 11.9 Å². The van der Waals surface area contributed by atoms with Crippen LogP contribution in [0.3, 0.4) is 0 Å². The Labute approximate surface area is 271 Å². The topological polar surface area (TPSA) is 103 Å². The molecule has 0 radical (unpaired) electrons. The van der Waals surface area contributed by atoms with Gasteiger partial charge in [-0.1, -0.05) is 6.07 Å². The van der Waals surface area contributed by atoms with E-state index in [9.17, 15) is 35.9 Å². The quantitative estimate of drug-likeness (QED) is 0.182. The Morgan fingerprint density at radius 2 is 1.65 bits per heavy atom. The smallest absolute Gasteiger partial charge is 0.416 e. The van der Waals surface area contributed by atoms with Crippen LogP contribution in [0.1, 0.15) is 47.4 Å². The number of hydrogen-bond acceptors (Lipinski definition) is 9. The van der Waals surface area contributed by atoms with E-state index in [1.165, 1.54) is 26.0 Å². The molecule has 0 N–H and O–H groups in total. The Morgan fingerprint density at radius 3 is 2.23 bits per heavy atom. The lowest BCUT2D eigenvalue weighted by atomic mass is 9.97. The van der Waals surface area contributed by atoms with Crippen molar-refractivity contribution in [3.8, 4) is 16.9 Å². The largest absolute Gasteiger partial charge is 0.496 e. The van der Waals surface area contributed by atoms with Gasteiger partial charge in [0.2, 0.25) is 5.95 Å². The van der Waals surface area contributed by atoms with Gasteiger partial charge in [-0.05, 0) is 54.8 Å². The number of methoxy groups -OCH3 is 3. The van der Waals surface area contributed by atoms with Gasteiger partial charge in [-0.15, -0.1) is 0 Å². The summed E-state index contributed by atoms with van der Waals surface area (Å²) in [4.78, 5) is 37.3. The fourth-order valence-corrected chi connectivity index (χ4v) is 5.59. The van der Waals surface area contributed by atoms with Gasteiger partial charge in [-0.2, -0.15) is 26.3 Å². The molecule has 2 atom stereocenters. The second kappa shape index (κ2) is 13.5. The molecule has 1 aromatic heterocycles. The number of halogens is 6. The summed E-state index contributed by atoms with van der Waals surface area (Å²) >= 11 is 0. The van der Waals surface area contributed by atoms with Crippen LogP contribution < -0.4 is 9.64 Å². The highest BCUT2D eigenvalue weighted by molar-refractivity contribution is 5.75. The van der Waals surface area contributed by atoms with Crippen molar-refractivity contribution in [3.05, 3.63) is 70.5 Å². The number of aromatic nitrogens is 2. The molecule has 2 aliphatic heterocycles. The van der Waals surface area contributed by atoms with E-state index in [1.807, 2.05) is 4.90 Å². The number of hydrogen-bond donors (Lipinski definition) is 0. The number of amides is 1. The van der Waals surface area contributed by atoms with Crippen molar-refractivity contribution in [1.29, 1.82) is 0 Å². The summed E-state index contributed by atoms with van der Waals surface area (Å²) in [7, 11) is 4.33. The van der Waals surface area contributed by atoms with Crippen molar-refractivity contribution in [1.82, 2.24) is 14.9 Å². The predicted molar refractivity (Wildman–Crippen MR) is 158 cm³/mol. The van der Waals surface area contributed by atoms with Gasteiger partial charge >= 0.3 is 24.4 Å². The lowest BCUT2D eigenvalue weighted by Gasteiger charge is -2.38. The van der Waals surface area contributed by atoms with E-state index in [2.05, 4.69) is 4.98 Å². The van der Waals surface area contributed by atoms with Crippen LogP contribution in [0, 0.1) is 0 Å². The van der Waals surface area contributed by atoms with E-state index in [1.54, 1.807) is 31.5 Å². The van der Waals surface area contributed by atoms with Crippen LogP contribution in [0.25, 0.3) is 11.1 Å². The molecule has 2 aliphatic rings. The van der Waals surface area contributed by atoms with Crippen LogP contribution in [-0.4, -0.2) is 73.5 Å². The second-order valence-corrected chi connectivity index (χ2v) is 11.4. The zero-order chi connectivity index (χ0) is 35.0. The third-order valence-electron chi connectivity index (χ3n) is 8.37. The van der Waals surface area contributed by atoms with Crippen molar-refractivity contribution in [2.75, 3.05) is 39.3 Å². The minimum Gasteiger partial charge on any atom is -0.496 e. The monoisotopic (exact) mass is 682 g/mol. The molecule has 3 aromatic rings. The van der Waals surface area contributed by atoms with Crippen LogP contribution in [0.15, 0.2) is 42.6 Å². The molecule has 258 valence electrons. The predicted octanol–water partition coefficient (Wildman–Crippen LogP) is 6.21. The summed E-state index contributed by atoms with van der Waals surface area (Å²) in [5.41, 5.74) is -1.43. The van der Waals surface area contributed by atoms with Gasteiger partial charge in [0.25, 0.3) is 0 Å². The molecule has 5 rings (SSSR count). The van der Waals surface area contributed by atoms with Gasteiger partial charge in [-0.3, -0.25) is 9.69 Å². The van der Waals surface area contributed by atoms with E-state index >= 15 is 0 Å². The first-order valence-corrected chi connectivity index (χ1v) is 14.8. The zero-order valence-electron chi connectivity index (χ0n) is 26.3. The highest BCUT2D eigenvalue weighted by Crippen LogP contribution is 2.42. The first kappa shape index (κ1) is 34.7. The molecular weight excluding hydrogens is 650 g/mol. The first-order valence-electron chi connectivity index (χ1n) is 14.8. The minimum absolute atomic E-state index is 0.0218. The van der Waals surface area contributed by atoms with Gasteiger partial charge < -0.3 is 23.8 Å². The van der Waals surface area contributed by atoms with Crippen LogP contribution >= 0.6 is 0 Å². The van der Waals surface area contributed by atoms with E-state index in [0.29, 0.717) is 60.2 Å². The molecule has 0 bridgehead atoms. The third kappa shape index (κ3) is 7.27. The Bertz CT molecular complexity index is 1650. The number of alkyl halides is 6. The number of benzene rings is 2. The molecule has 2 fully saturated rings. The Kier molecular flexibility index (Phi) is 9.76. The first-order chi connectivity index (χ1) is 22.6. The van der Waals surface area contributed by atoms with Crippen molar-refractivity contribution in [3.63, 3.8) is 0 Å². The average molecular weight is 683 g/mol. The maximum atomic E-state index is 13.6. The Morgan fingerprint density at radius 1 is 0.979 bits per heavy atom. The number of anilines is 1. The number of aryl methyl sites for hydroxylation is 1. The van der Waals surface area contributed by atoms with E-state index in [4.69, 9.17) is 23.9 Å². The lowest BCUT2D eigenvalue weighted by Crippen LogP contribution is -2.52. The maximum absolute atomic E-state index is 13.6. The summed E-state index contributed by atoms with van der Waals surface area (Å²) in [6.07, 6.45) is -10.6. The third-order valence-corrected chi connectivity index (χ3v) is 8.37. The van der Waals surface area contributed by atoms with Crippen LogP contribution in [0.5, 0.6) is 5.75 Å². The molecule has 10 nitrogen and oxygen atoms in total. The van der Waals surface area contributed by atoms with Crippen molar-refractivity contribution >= 4 is 18.0 Å². The molecule has 3 heterocycles. The molecule has 1 amide bonds. The van der Waals surface area contributed by atoms with Crippen molar-refractivity contribution in [2.24, 2.45) is 0 Å². The minimum atomic E-state index is -5.07. The number of esters is 1. The summed E-state index contributed by atoms with van der Waals surface area (Å²) in [5, 5.41) is 0. The normalized spacial score (nSPS) is 18.5. The lowest BCUT2D eigenvalue weighted by molar-refractivity contribution is -0.143. The summed E-state index contributed by atoms with van der Waals surface area (Å²) in [6, 6.07) is 5.40. The molecule has 48 heavy (non-hydrogen) atoms. The number of carbonyl (C=O) groups excluding carboxylic acids is 2. The fourth-order valence-electron chi connectivity index (χ4n) is 5.59. The second-order valence-electron chi connectivity index (χ2n) is 11.4. The van der Waals surface area contributed by atoms with Gasteiger partial charge in [0, 0.05) is 43.9 Å². The Balaban J connectivity index is 1.53. The number of cyclic esters (lactones) is 1. The van der Waals surface area contributed by atoms with Gasteiger partial charge in [0.05, 0.1) is 49.7 Å². The summed E-state index contributed by atoms with van der Waals surface area (Å²) in [6.45, 7) is 2.24. The fraction of sp³-hybridized carbons (Fsp3) is 0.438. The van der Waals surface area contributed by atoms with Crippen LogP contribution in [-0.2, 0) is 44.3 Å². The molecule has 0 aliphatic carbocycles. The Hall–Kier alpha value is -4.60. The van der Waals surface area contributed by atoms with Crippen LogP contribution in [0.2, 0.25) is 0 Å². The van der Waals surface area contributed by atoms with E-state index < -0.39 is 53.3 Å². The molecule has 0 spiro atoms. The number of ether oxygens (including phenoxy) is 4. The average Bonchev–Trinajstić information content (AvgIpc) is 3.30. The molecule has 0 unspecified atom stereocenters. The van der Waals surface area contributed by atoms with Crippen molar-refractivity contribution in [2.45, 2.75) is 56.9 Å². The molecule has 16 heteroatoms. The van der Waals surface area contributed by atoms with Crippen LogP contribution in [0.4, 0.5) is 37.1 Å². The number of rotatable bonds is 10. The summed E-state index contributed by atoms with van der Waals surface area (Å²) in [5.74, 6) is 0.354. The molecule has 2 saturated heterocycles. The zero-order valence-corrected chi connectivity index (χ0v) is 26.3. The van der Waals surface area contributed by atoms with Crippen molar-refractivity contribution < 1.29 is 54.9 Å². The molecule has 2 aromatic carbocycles. The van der Waals surface area contributed by atoms with Gasteiger partial charge in [0.15, 0.2) is 0 Å². The molecule has 0 saturated carbocycles. The van der Waals surface area contributed by atoms with E-state index in [0.717, 1.165) is 5.56 Å². The SMILES string of the molecule is COC(=O)CCc1ccc(OC)c(-c2cnc(N3CC(OC)C3)nc2CN2C(=O)O[C@H](c3cc(C(F)(F)F)cc(C(F)(F)F)c3)[C@@H]2C)c1. The molecular formula is C32H32F6N4O6. The number of carbonyl (C=O) groups is 2. The standard InChI is InChI=1S/C32H32F6N4O6/c1-17-28(19-10-20(31(33,34)35)12-21(11-19)32(36,37)38)48-30(44)42(17)16-25-24(13-39-29(40-25)41-14-22(15-41)45-2)23-9-18(5-7-26(23)46-3)6-8-27(43)47-4/h5,7,9-13,17,22,28H,6,8,14-16H2,1-4H3/t17-,28-/m0/s1. The highest BCUT2D eigenvalue weighted by atomic mass is 19.4. The maximum Gasteiger partial charge on any atom is 0.416 e. The van der Waals surface area contributed by atoms with Gasteiger partial charge in [-0.25, -0.2) is 14.8 Å². The number of nitrogens with zero attached hydrogens (tertiary/aromatic N) is 4. The highest BCUT2D eigenvalue weighted by Gasteiger charge is 2.44. The van der Waals surface area contributed by atoms with E-state index in [-0.39, 0.29) is 25.1 Å².